The minimum atomic E-state index is -3.52. The monoisotopic (exact) mass is 299 g/mol. The number of nitrogens with one attached hydrogen (secondary N) is 1. The molecular weight excluding hydrogens is 278 g/mol. The summed E-state index contributed by atoms with van der Waals surface area (Å²) in [6.07, 6.45) is 1.48. The fourth-order valence-electron chi connectivity index (χ4n) is 1.59. The Morgan fingerprint density at radius 3 is 2.30 bits per heavy atom. The lowest BCUT2D eigenvalue weighted by atomic mass is 10.2. The molecule has 0 unspecified atom stereocenters. The zero-order valence-electron chi connectivity index (χ0n) is 11.8. The molecule has 0 aliphatic heterocycles. The summed E-state index contributed by atoms with van der Waals surface area (Å²) in [5.74, 6) is -0.162. The van der Waals surface area contributed by atoms with E-state index in [-0.39, 0.29) is 10.8 Å². The van der Waals surface area contributed by atoms with E-state index < -0.39 is 10.0 Å². The van der Waals surface area contributed by atoms with Crippen LogP contribution >= 0.6 is 0 Å². The lowest BCUT2D eigenvalue weighted by Crippen LogP contribution is -2.25. The summed E-state index contributed by atoms with van der Waals surface area (Å²) in [5, 5.41) is 0. The molecule has 0 aliphatic rings. The van der Waals surface area contributed by atoms with Crippen molar-refractivity contribution < 1.29 is 13.2 Å². The third-order valence-electron chi connectivity index (χ3n) is 2.74. The fourth-order valence-corrected chi connectivity index (χ4v) is 2.67. The number of nitrogens with zero attached hydrogens (tertiary/aromatic N) is 1. The van der Waals surface area contributed by atoms with E-state index in [0.29, 0.717) is 25.1 Å². The Labute approximate surface area is 120 Å². The first-order chi connectivity index (χ1) is 9.38. The predicted molar refractivity (Wildman–Crippen MR) is 77.9 cm³/mol. The minimum absolute atomic E-state index is 0.153. The molecule has 0 aromatic heterocycles. The summed E-state index contributed by atoms with van der Waals surface area (Å²) < 4.78 is 26.4. The van der Waals surface area contributed by atoms with Crippen LogP contribution in [0.1, 0.15) is 23.2 Å². The largest absolute Gasteiger partial charge is 0.345 e. The van der Waals surface area contributed by atoms with Crippen molar-refractivity contribution in [3.05, 3.63) is 29.8 Å². The number of unbranched alkanes of at least 4 members (excludes halogenated alkanes) is 1. The van der Waals surface area contributed by atoms with Gasteiger partial charge in [-0.3, -0.25) is 4.79 Å². The van der Waals surface area contributed by atoms with Crippen molar-refractivity contribution in [3.63, 3.8) is 0 Å². The molecule has 112 valence electrons. The SMILES string of the molecule is CN(C)C(=O)c1ccc(S(=O)(=O)NCCCCN)cc1. The van der Waals surface area contributed by atoms with E-state index in [4.69, 9.17) is 5.73 Å². The Hall–Kier alpha value is -1.44. The second kappa shape index (κ2) is 7.37. The molecule has 0 aliphatic carbocycles. The summed E-state index contributed by atoms with van der Waals surface area (Å²) >= 11 is 0. The first-order valence-corrected chi connectivity index (χ1v) is 7.88. The number of nitrogens with two attached hydrogens (primary N) is 1. The maximum absolute atomic E-state index is 12.0. The molecule has 3 N–H and O–H groups in total. The Kier molecular flexibility index (Phi) is 6.12. The van der Waals surface area contributed by atoms with E-state index in [1.165, 1.54) is 29.2 Å². The summed E-state index contributed by atoms with van der Waals surface area (Å²) in [6.45, 7) is 0.904. The average Bonchev–Trinajstić information content (AvgIpc) is 2.43. The van der Waals surface area contributed by atoms with Crippen molar-refractivity contribution in [1.29, 1.82) is 0 Å². The van der Waals surface area contributed by atoms with E-state index in [2.05, 4.69) is 4.72 Å². The van der Waals surface area contributed by atoms with Crippen LogP contribution in [0.2, 0.25) is 0 Å². The van der Waals surface area contributed by atoms with Gasteiger partial charge in [-0.05, 0) is 43.7 Å². The molecule has 1 amide bonds. The number of hydrogen-bond acceptors (Lipinski definition) is 4. The maximum atomic E-state index is 12.0. The number of sulfonamides is 1. The number of carbonyl (C=O) groups excluding carboxylic acids is 1. The second-order valence-corrected chi connectivity index (χ2v) is 6.38. The van der Waals surface area contributed by atoms with Crippen molar-refractivity contribution in [1.82, 2.24) is 9.62 Å². The summed E-state index contributed by atoms with van der Waals surface area (Å²) in [7, 11) is -0.230. The van der Waals surface area contributed by atoms with E-state index in [9.17, 15) is 13.2 Å². The smallest absolute Gasteiger partial charge is 0.253 e. The van der Waals surface area contributed by atoms with E-state index in [1.807, 2.05) is 0 Å². The molecule has 1 aromatic rings. The minimum Gasteiger partial charge on any atom is -0.345 e. The van der Waals surface area contributed by atoms with E-state index >= 15 is 0 Å². The lowest BCUT2D eigenvalue weighted by Gasteiger charge is -2.11. The van der Waals surface area contributed by atoms with Crippen molar-refractivity contribution in [2.75, 3.05) is 27.2 Å². The van der Waals surface area contributed by atoms with Gasteiger partial charge in [0.05, 0.1) is 4.90 Å². The van der Waals surface area contributed by atoms with Gasteiger partial charge in [-0.15, -0.1) is 0 Å². The van der Waals surface area contributed by atoms with Gasteiger partial charge in [-0.2, -0.15) is 0 Å². The van der Waals surface area contributed by atoms with Crippen LogP contribution in [-0.2, 0) is 10.0 Å². The number of amides is 1. The molecule has 6 nitrogen and oxygen atoms in total. The third-order valence-corrected chi connectivity index (χ3v) is 4.22. The number of carbonyl (C=O) groups is 1. The standard InChI is InChI=1S/C13H21N3O3S/c1-16(2)13(17)11-5-7-12(8-6-11)20(18,19)15-10-4-3-9-14/h5-8,15H,3-4,9-10,14H2,1-2H3. The van der Waals surface area contributed by atoms with Crippen LogP contribution in [0.5, 0.6) is 0 Å². The quantitative estimate of drug-likeness (QED) is 0.713. The average molecular weight is 299 g/mol. The van der Waals surface area contributed by atoms with Crippen LogP contribution in [0.4, 0.5) is 0 Å². The van der Waals surface area contributed by atoms with Crippen LogP contribution in [0, 0.1) is 0 Å². The highest BCUT2D eigenvalue weighted by atomic mass is 32.2. The zero-order valence-corrected chi connectivity index (χ0v) is 12.6. The molecule has 0 fully saturated rings. The van der Waals surface area contributed by atoms with Crippen LogP contribution < -0.4 is 10.5 Å². The molecule has 7 heteroatoms. The first kappa shape index (κ1) is 16.6. The van der Waals surface area contributed by atoms with E-state index in [1.54, 1.807) is 14.1 Å². The molecule has 0 bridgehead atoms. The number of benzene rings is 1. The summed E-state index contributed by atoms with van der Waals surface area (Å²) in [4.78, 5) is 13.3. The molecular formula is C13H21N3O3S. The van der Waals surface area contributed by atoms with Gasteiger partial charge in [0.1, 0.15) is 0 Å². The molecule has 0 atom stereocenters. The Bertz CT molecular complexity index is 538. The lowest BCUT2D eigenvalue weighted by molar-refractivity contribution is 0.0827. The molecule has 20 heavy (non-hydrogen) atoms. The van der Waals surface area contributed by atoms with Crippen molar-refractivity contribution in [2.24, 2.45) is 5.73 Å². The topological polar surface area (TPSA) is 92.5 Å². The fraction of sp³-hybridized carbons (Fsp3) is 0.462. The third kappa shape index (κ3) is 4.59. The van der Waals surface area contributed by atoms with Crippen molar-refractivity contribution in [3.8, 4) is 0 Å². The summed E-state index contributed by atoms with van der Waals surface area (Å²) in [6, 6.07) is 5.89. The number of hydrogen-bond donors (Lipinski definition) is 2. The first-order valence-electron chi connectivity index (χ1n) is 6.40. The van der Waals surface area contributed by atoms with Gasteiger partial charge in [0, 0.05) is 26.2 Å². The highest BCUT2D eigenvalue weighted by Crippen LogP contribution is 2.11. The molecule has 1 rings (SSSR count). The van der Waals surface area contributed by atoms with Gasteiger partial charge in [0.2, 0.25) is 10.0 Å². The Morgan fingerprint density at radius 2 is 1.80 bits per heavy atom. The predicted octanol–water partition coefficient (Wildman–Crippen LogP) is 0.406. The molecule has 1 aromatic carbocycles. The molecule has 0 saturated heterocycles. The second-order valence-electron chi connectivity index (χ2n) is 4.62. The highest BCUT2D eigenvalue weighted by Gasteiger charge is 2.14. The van der Waals surface area contributed by atoms with Crippen LogP contribution in [-0.4, -0.2) is 46.4 Å². The van der Waals surface area contributed by atoms with Crippen molar-refractivity contribution >= 4 is 15.9 Å². The maximum Gasteiger partial charge on any atom is 0.253 e. The summed E-state index contributed by atoms with van der Waals surface area (Å²) in [5.41, 5.74) is 5.80. The normalized spacial score (nSPS) is 11.3. The highest BCUT2D eigenvalue weighted by molar-refractivity contribution is 7.89. The van der Waals surface area contributed by atoms with Gasteiger partial charge in [-0.1, -0.05) is 0 Å². The van der Waals surface area contributed by atoms with Crippen LogP contribution in [0.3, 0.4) is 0 Å². The van der Waals surface area contributed by atoms with Crippen LogP contribution in [0.15, 0.2) is 29.2 Å². The van der Waals surface area contributed by atoms with Crippen molar-refractivity contribution in [2.45, 2.75) is 17.7 Å². The van der Waals surface area contributed by atoms with Gasteiger partial charge in [-0.25, -0.2) is 13.1 Å². The molecule has 0 spiro atoms. The van der Waals surface area contributed by atoms with E-state index in [0.717, 1.165) is 6.42 Å². The Morgan fingerprint density at radius 1 is 1.20 bits per heavy atom. The number of rotatable bonds is 7. The van der Waals surface area contributed by atoms with Gasteiger partial charge < -0.3 is 10.6 Å². The molecule has 0 heterocycles. The van der Waals surface area contributed by atoms with Gasteiger partial charge >= 0.3 is 0 Å². The van der Waals surface area contributed by atoms with Gasteiger partial charge in [0.15, 0.2) is 0 Å². The van der Waals surface area contributed by atoms with Crippen LogP contribution in [0.25, 0.3) is 0 Å². The molecule has 0 radical (unpaired) electrons. The molecule has 0 saturated carbocycles. The van der Waals surface area contributed by atoms with Gasteiger partial charge in [0.25, 0.3) is 5.91 Å². The zero-order chi connectivity index (χ0) is 15.2. The Balaban J connectivity index is 2.74.